The molecule has 0 bridgehead atoms. The molecule has 0 aromatic carbocycles. The van der Waals surface area contributed by atoms with Gasteiger partial charge in [0.1, 0.15) is 17.3 Å². The van der Waals surface area contributed by atoms with E-state index in [1.54, 1.807) is 6.92 Å². The average Bonchev–Trinajstić information content (AvgIpc) is 3.45. The van der Waals surface area contributed by atoms with Crippen molar-refractivity contribution < 1.29 is 13.6 Å². The number of carbonyl (C=O) groups excluding carboxylic acids is 1. The molecule has 0 amide bonds. The molecular formula is C20H24F2N4O. The minimum Gasteiger partial charge on any atom is -0.356 e. The van der Waals surface area contributed by atoms with E-state index in [-0.39, 0.29) is 23.4 Å². The number of halogens is 2. The largest absolute Gasteiger partial charge is 0.356 e. The Hall–Kier alpha value is -1.79. The number of rotatable bonds is 4. The van der Waals surface area contributed by atoms with E-state index < -0.39 is 5.92 Å². The number of piperidine rings is 1. The van der Waals surface area contributed by atoms with Crippen molar-refractivity contribution in [3.05, 3.63) is 11.3 Å². The van der Waals surface area contributed by atoms with Crippen molar-refractivity contribution in [1.82, 2.24) is 9.97 Å². The highest BCUT2D eigenvalue weighted by Gasteiger charge is 2.58. The Labute approximate surface area is 157 Å². The van der Waals surface area contributed by atoms with Crippen molar-refractivity contribution in [1.29, 1.82) is 0 Å². The Bertz CT molecular complexity index is 841. The minimum atomic E-state index is -2.84. The van der Waals surface area contributed by atoms with E-state index in [9.17, 15) is 13.6 Å². The number of aromatic nitrogens is 2. The molecule has 5 nitrogen and oxygen atoms in total. The Kier molecular flexibility index (Phi) is 2.98. The van der Waals surface area contributed by atoms with Crippen molar-refractivity contribution in [2.75, 3.05) is 29.4 Å². The molecular weight excluding hydrogens is 350 g/mol. The first-order valence-electron chi connectivity index (χ1n) is 10.2. The van der Waals surface area contributed by atoms with Gasteiger partial charge in [-0.1, -0.05) is 0 Å². The van der Waals surface area contributed by atoms with Crippen LogP contribution < -0.4 is 9.80 Å². The summed E-state index contributed by atoms with van der Waals surface area (Å²) in [6, 6.07) is 0. The maximum absolute atomic E-state index is 14.5. The van der Waals surface area contributed by atoms with Crippen LogP contribution in [0.5, 0.6) is 0 Å². The van der Waals surface area contributed by atoms with Crippen LogP contribution in [-0.4, -0.2) is 40.9 Å². The average molecular weight is 374 g/mol. The van der Waals surface area contributed by atoms with Gasteiger partial charge in [-0.2, -0.15) is 13.8 Å². The molecule has 6 rings (SSSR count). The number of anilines is 2. The molecule has 2 saturated heterocycles. The van der Waals surface area contributed by atoms with Gasteiger partial charge in [-0.15, -0.1) is 0 Å². The first-order valence-corrected chi connectivity index (χ1v) is 10.2. The van der Waals surface area contributed by atoms with Crippen molar-refractivity contribution in [2.24, 2.45) is 17.8 Å². The lowest BCUT2D eigenvalue weighted by molar-refractivity contribution is -0.117. The first-order chi connectivity index (χ1) is 12.9. The number of Topliss-reactive ketones (excluding diaryl/α,β-unsaturated/α-hetero) is 1. The summed E-state index contributed by atoms with van der Waals surface area (Å²) in [4.78, 5) is 25.0. The summed E-state index contributed by atoms with van der Waals surface area (Å²) in [5.41, 5.74) is 0.781. The number of nitrogens with zero attached hydrogens (tertiary/aromatic N) is 4. The van der Waals surface area contributed by atoms with Gasteiger partial charge in [0, 0.05) is 43.6 Å². The molecule has 1 unspecified atom stereocenters. The zero-order chi connectivity index (χ0) is 18.6. The predicted octanol–water partition coefficient (Wildman–Crippen LogP) is 2.92. The van der Waals surface area contributed by atoms with Gasteiger partial charge in [0.15, 0.2) is 0 Å². The normalized spacial score (nSPS) is 33.7. The number of alkyl halides is 2. The topological polar surface area (TPSA) is 49.3 Å². The Balaban J connectivity index is 1.33. The van der Waals surface area contributed by atoms with Crippen molar-refractivity contribution in [2.45, 2.75) is 56.9 Å². The van der Waals surface area contributed by atoms with Crippen LogP contribution >= 0.6 is 0 Å². The quantitative estimate of drug-likeness (QED) is 0.811. The van der Waals surface area contributed by atoms with Gasteiger partial charge in [-0.3, -0.25) is 0 Å². The highest BCUT2D eigenvalue weighted by molar-refractivity contribution is 5.76. The molecule has 4 fully saturated rings. The van der Waals surface area contributed by atoms with E-state index in [4.69, 9.17) is 4.98 Å². The molecule has 27 heavy (non-hydrogen) atoms. The highest BCUT2D eigenvalue weighted by Crippen LogP contribution is 2.56. The van der Waals surface area contributed by atoms with E-state index in [2.05, 4.69) is 14.8 Å². The summed E-state index contributed by atoms with van der Waals surface area (Å²) in [5, 5.41) is 0. The zero-order valence-corrected chi connectivity index (χ0v) is 15.5. The molecule has 0 radical (unpaired) electrons. The van der Waals surface area contributed by atoms with Gasteiger partial charge in [0.2, 0.25) is 5.95 Å². The second-order valence-electron chi connectivity index (χ2n) is 9.31. The molecule has 5 aliphatic rings. The molecule has 1 aromatic rings. The lowest BCUT2D eigenvalue weighted by atomic mass is 10.0. The second kappa shape index (κ2) is 4.97. The van der Waals surface area contributed by atoms with Gasteiger partial charge >= 0.3 is 0 Å². The van der Waals surface area contributed by atoms with Gasteiger partial charge in [-0.25, -0.2) is 4.98 Å². The number of carbonyl (C=O) groups is 1. The predicted molar refractivity (Wildman–Crippen MR) is 96.2 cm³/mol. The first kappa shape index (κ1) is 16.2. The monoisotopic (exact) mass is 374 g/mol. The van der Waals surface area contributed by atoms with Gasteiger partial charge in [0.25, 0.3) is 5.92 Å². The molecule has 0 N–H and O–H groups in total. The van der Waals surface area contributed by atoms with Crippen LogP contribution in [0.3, 0.4) is 0 Å². The van der Waals surface area contributed by atoms with Gasteiger partial charge in [0.05, 0.1) is 0 Å². The molecule has 2 aliphatic heterocycles. The summed E-state index contributed by atoms with van der Waals surface area (Å²) in [5.74, 6) is 0.173. The summed E-state index contributed by atoms with van der Waals surface area (Å²) in [7, 11) is 0. The van der Waals surface area contributed by atoms with Crippen molar-refractivity contribution >= 4 is 17.5 Å². The van der Waals surface area contributed by atoms with Gasteiger partial charge in [-0.05, 0) is 50.4 Å². The van der Waals surface area contributed by atoms with Crippen molar-refractivity contribution in [3.8, 4) is 0 Å². The van der Waals surface area contributed by atoms with E-state index >= 15 is 0 Å². The third-order valence-electron chi connectivity index (χ3n) is 7.64. The van der Waals surface area contributed by atoms with E-state index in [0.29, 0.717) is 42.1 Å². The molecule has 2 saturated carbocycles. The van der Waals surface area contributed by atoms with Gasteiger partial charge < -0.3 is 14.6 Å². The summed E-state index contributed by atoms with van der Waals surface area (Å²) < 4.78 is 29.0. The fourth-order valence-electron chi connectivity index (χ4n) is 5.75. The zero-order valence-electron chi connectivity index (χ0n) is 15.5. The Morgan fingerprint density at radius 2 is 1.89 bits per heavy atom. The molecule has 7 heteroatoms. The van der Waals surface area contributed by atoms with E-state index in [1.807, 2.05) is 0 Å². The molecule has 3 atom stereocenters. The molecule has 144 valence electrons. The highest BCUT2D eigenvalue weighted by atomic mass is 19.3. The van der Waals surface area contributed by atoms with Crippen molar-refractivity contribution in [3.63, 3.8) is 0 Å². The molecule has 1 aromatic heterocycles. The van der Waals surface area contributed by atoms with E-state index in [1.165, 1.54) is 0 Å². The summed E-state index contributed by atoms with van der Waals surface area (Å²) in [6.45, 7) is 4.19. The standard InChI is InChI=1S/C20H24F2N4O/c1-11(27)8-13-14-9-25(10-15(13)14)17-12-2-3-20(21,22)16(12)23-18(24-17)26-7-6-19(26)4-5-19/h13-15H,2-10H2,1H3/t13?,14-,15+. The maximum atomic E-state index is 14.5. The fraction of sp³-hybridized carbons (Fsp3) is 0.750. The molecule has 3 heterocycles. The van der Waals surface area contributed by atoms with Crippen LogP contribution in [-0.2, 0) is 17.1 Å². The number of hydrogen-bond acceptors (Lipinski definition) is 5. The minimum absolute atomic E-state index is 0.0361. The third-order valence-corrected chi connectivity index (χ3v) is 7.64. The third kappa shape index (κ3) is 2.23. The lowest BCUT2D eigenvalue weighted by Crippen LogP contribution is -2.51. The van der Waals surface area contributed by atoms with Crippen LogP contribution in [0.1, 0.15) is 50.3 Å². The Morgan fingerprint density at radius 3 is 2.48 bits per heavy atom. The Morgan fingerprint density at radius 1 is 1.15 bits per heavy atom. The summed E-state index contributed by atoms with van der Waals surface area (Å²) in [6.07, 6.45) is 4.22. The maximum Gasteiger partial charge on any atom is 0.290 e. The number of hydrogen-bond donors (Lipinski definition) is 0. The van der Waals surface area contributed by atoms with Crippen LogP contribution in [0.25, 0.3) is 0 Å². The number of fused-ring (bicyclic) bond motifs is 2. The van der Waals surface area contributed by atoms with Crippen LogP contribution in [0.15, 0.2) is 0 Å². The van der Waals surface area contributed by atoms with Crippen LogP contribution in [0.2, 0.25) is 0 Å². The molecule has 1 spiro atoms. The van der Waals surface area contributed by atoms with Crippen LogP contribution in [0.4, 0.5) is 20.5 Å². The number of ketones is 1. The molecule has 3 aliphatic carbocycles. The smallest absolute Gasteiger partial charge is 0.290 e. The lowest BCUT2D eigenvalue weighted by Gasteiger charge is -2.42. The van der Waals surface area contributed by atoms with E-state index in [0.717, 1.165) is 44.7 Å². The van der Waals surface area contributed by atoms with Crippen LogP contribution in [0, 0.1) is 17.8 Å². The summed E-state index contributed by atoms with van der Waals surface area (Å²) >= 11 is 0. The fourth-order valence-corrected chi connectivity index (χ4v) is 5.75. The second-order valence-corrected chi connectivity index (χ2v) is 9.31. The SMILES string of the molecule is CC(=O)CC1[C@H]2CN(c3nc(N4CCC45CC5)nc4c3CCC4(F)F)C[C@@H]12.